The highest BCUT2D eigenvalue weighted by molar-refractivity contribution is 9.10. The summed E-state index contributed by atoms with van der Waals surface area (Å²) >= 11 is 3.22. The van der Waals surface area contributed by atoms with Gasteiger partial charge in [-0.1, -0.05) is 22.0 Å². The van der Waals surface area contributed by atoms with Crippen LogP contribution in [0.25, 0.3) is 0 Å². The van der Waals surface area contributed by atoms with Gasteiger partial charge in [-0.05, 0) is 13.0 Å². The predicted molar refractivity (Wildman–Crippen MR) is 74.1 cm³/mol. The molecule has 0 amide bonds. The zero-order chi connectivity index (χ0) is 14.6. The third-order valence-electron chi connectivity index (χ3n) is 2.87. The van der Waals surface area contributed by atoms with E-state index in [9.17, 15) is 14.8 Å². The van der Waals surface area contributed by atoms with Gasteiger partial charge in [0.2, 0.25) is 0 Å². The van der Waals surface area contributed by atoms with Crippen molar-refractivity contribution in [3.63, 3.8) is 0 Å². The van der Waals surface area contributed by atoms with Crippen LogP contribution in [0.4, 0.5) is 5.69 Å². The number of nitrogens with two attached hydrogens (primary N) is 1. The number of carbonyl (C=O) groups is 2. The molecule has 112 valence electrons. The van der Waals surface area contributed by atoms with E-state index in [2.05, 4.69) is 25.4 Å². The molecule has 0 radical (unpaired) electrons. The third kappa shape index (κ3) is 3.15. The first-order valence-electron chi connectivity index (χ1n) is 5.33. The van der Waals surface area contributed by atoms with Crippen LogP contribution in [0.1, 0.15) is 12.5 Å². The van der Waals surface area contributed by atoms with Crippen LogP contribution in [0.3, 0.4) is 0 Å². The number of hydrogen-bond donors (Lipinski definition) is 1. The van der Waals surface area contributed by atoms with Gasteiger partial charge in [0.05, 0.1) is 14.2 Å². The Kier molecular flexibility index (Phi) is 6.80. The molecule has 1 rings (SSSR count). The summed E-state index contributed by atoms with van der Waals surface area (Å²) in [5.41, 5.74) is -0.651. The van der Waals surface area contributed by atoms with Crippen molar-refractivity contribution in [2.75, 3.05) is 14.2 Å². The molecular weight excluding hydrogens is 334 g/mol. The molecule has 0 aliphatic carbocycles. The Bertz CT molecular complexity index is 489. The van der Waals surface area contributed by atoms with Gasteiger partial charge in [0, 0.05) is 16.1 Å². The molecule has 4 N–H and O–H groups in total. The van der Waals surface area contributed by atoms with Crippen LogP contribution in [0.5, 0.6) is 0 Å². The predicted octanol–water partition coefficient (Wildman–Crippen LogP) is -0.0792. The molecule has 0 atom stereocenters. The maximum atomic E-state index is 11.9. The molecule has 7 nitrogen and oxygen atoms in total. The van der Waals surface area contributed by atoms with Crippen LogP contribution >= 0.6 is 15.9 Å². The highest BCUT2D eigenvalue weighted by atomic mass is 79.9. The van der Waals surface area contributed by atoms with Gasteiger partial charge in [-0.15, -0.1) is 0 Å². The lowest BCUT2D eigenvalue weighted by Gasteiger charge is -2.25. The third-order valence-corrected chi connectivity index (χ3v) is 3.36. The molecule has 0 aromatic heterocycles. The summed E-state index contributed by atoms with van der Waals surface area (Å²) < 4.78 is 9.97. The summed E-state index contributed by atoms with van der Waals surface area (Å²) in [6.07, 6.45) is 0. The van der Waals surface area contributed by atoms with Crippen molar-refractivity contribution in [2.24, 2.45) is 0 Å². The summed E-state index contributed by atoms with van der Waals surface area (Å²) in [5.74, 6) is -1.57. The molecule has 8 heteroatoms. The van der Waals surface area contributed by atoms with E-state index in [0.29, 0.717) is 9.95 Å². The first-order chi connectivity index (χ1) is 8.91. The van der Waals surface area contributed by atoms with Crippen molar-refractivity contribution in [1.29, 1.82) is 0 Å². The molecule has 0 aliphatic rings. The summed E-state index contributed by atoms with van der Waals surface area (Å²) in [4.78, 5) is 23.9. The quantitative estimate of drug-likeness (QED) is 0.352. The highest BCUT2D eigenvalue weighted by Crippen LogP contribution is 2.32. The number of esters is 2. The zero-order valence-electron chi connectivity index (χ0n) is 11.2. The maximum Gasteiger partial charge on any atom is 0.327 e. The van der Waals surface area contributed by atoms with Gasteiger partial charge in [-0.25, -0.2) is 0 Å². The lowest BCUT2D eigenvalue weighted by atomic mass is 9.81. The fourth-order valence-corrected chi connectivity index (χ4v) is 2.18. The van der Waals surface area contributed by atoms with Crippen LogP contribution in [-0.2, 0) is 24.5 Å². The van der Waals surface area contributed by atoms with Crippen molar-refractivity contribution < 1.29 is 30.0 Å². The average molecular weight is 350 g/mol. The lowest BCUT2D eigenvalue weighted by molar-refractivity contribution is -0.498. The number of benzene rings is 1. The normalized spacial score (nSPS) is 10.4. The van der Waals surface area contributed by atoms with E-state index in [4.69, 9.17) is 0 Å². The van der Waals surface area contributed by atoms with Crippen LogP contribution in [0.2, 0.25) is 0 Å². The minimum absolute atomic E-state index is 0. The molecule has 0 aliphatic heterocycles. The van der Waals surface area contributed by atoms with Gasteiger partial charge in [-0.3, -0.25) is 9.59 Å². The van der Waals surface area contributed by atoms with Crippen molar-refractivity contribution >= 4 is 33.6 Å². The molecule has 20 heavy (non-hydrogen) atoms. The first kappa shape index (κ1) is 18.5. The molecule has 0 fully saturated rings. The van der Waals surface area contributed by atoms with E-state index in [-0.39, 0.29) is 16.7 Å². The number of quaternary nitrogens is 1. The fourth-order valence-electron chi connectivity index (χ4n) is 1.80. The monoisotopic (exact) mass is 349 g/mol. The zero-order valence-corrected chi connectivity index (χ0v) is 12.8. The Labute approximate surface area is 124 Å². The van der Waals surface area contributed by atoms with Crippen LogP contribution in [0.15, 0.2) is 22.7 Å². The number of rotatable bonds is 4. The largest absolute Gasteiger partial charge is 0.630 e. The van der Waals surface area contributed by atoms with E-state index in [1.165, 1.54) is 33.3 Å². The SMILES string of the molecule is COC(=O)C(C)(C(=O)OC)c1ccc(Br)cc1[NH2+][O-].O. The Hall–Kier alpha value is -1.48. The van der Waals surface area contributed by atoms with Crippen LogP contribution in [0, 0.1) is 5.21 Å². The van der Waals surface area contributed by atoms with Crippen LogP contribution < -0.4 is 5.48 Å². The standard InChI is InChI=1S/C12H14BrNO5.H2O/c1-12(10(15)18-2,11(16)19-3)8-5-4-7(13)6-9(8)14-17;/h4-6H,14H2,1-3H3;1H2. The van der Waals surface area contributed by atoms with Gasteiger partial charge in [0.1, 0.15) is 5.69 Å². The van der Waals surface area contributed by atoms with Crippen molar-refractivity contribution in [2.45, 2.75) is 12.3 Å². The lowest BCUT2D eigenvalue weighted by Crippen LogP contribution is -2.71. The second-order valence-corrected chi connectivity index (χ2v) is 4.87. The smallest absolute Gasteiger partial charge is 0.327 e. The molecule has 1 aromatic rings. The van der Waals surface area contributed by atoms with Gasteiger partial charge in [-0.2, -0.15) is 0 Å². The summed E-state index contributed by atoms with van der Waals surface area (Å²) in [5, 5.41) is 11.1. The van der Waals surface area contributed by atoms with Gasteiger partial charge in [0.25, 0.3) is 0 Å². The topological polar surface area (TPSA) is 124 Å². The summed E-state index contributed by atoms with van der Waals surface area (Å²) in [7, 11) is 2.34. The second kappa shape index (κ2) is 7.34. The molecule has 0 heterocycles. The van der Waals surface area contributed by atoms with Gasteiger partial charge < -0.3 is 25.6 Å². The summed E-state index contributed by atoms with van der Waals surface area (Å²) in [6, 6.07) is 4.67. The molecule has 1 aromatic carbocycles. The molecule has 0 spiro atoms. The number of carbonyl (C=O) groups excluding carboxylic acids is 2. The van der Waals surface area contributed by atoms with Crippen LogP contribution in [-0.4, -0.2) is 31.6 Å². The molecule has 0 bridgehead atoms. The second-order valence-electron chi connectivity index (χ2n) is 3.96. The van der Waals surface area contributed by atoms with E-state index >= 15 is 0 Å². The minimum atomic E-state index is -1.68. The number of ether oxygens (including phenoxy) is 2. The van der Waals surface area contributed by atoms with E-state index in [1.807, 2.05) is 0 Å². The molecule has 0 saturated heterocycles. The molecule has 0 unspecified atom stereocenters. The molecular formula is C12H16BrNO6. The summed E-state index contributed by atoms with van der Waals surface area (Å²) in [6.45, 7) is 1.36. The van der Waals surface area contributed by atoms with Crippen molar-refractivity contribution in [1.82, 2.24) is 0 Å². The average Bonchev–Trinajstić information content (AvgIpc) is 2.44. The number of hydrogen-bond acceptors (Lipinski definition) is 5. The van der Waals surface area contributed by atoms with Crippen molar-refractivity contribution in [3.05, 3.63) is 33.4 Å². The highest BCUT2D eigenvalue weighted by Gasteiger charge is 2.47. The fraction of sp³-hybridized carbons (Fsp3) is 0.333. The van der Waals surface area contributed by atoms with E-state index in [1.54, 1.807) is 6.07 Å². The molecule has 0 saturated carbocycles. The van der Waals surface area contributed by atoms with E-state index < -0.39 is 17.4 Å². The first-order valence-corrected chi connectivity index (χ1v) is 6.13. The minimum Gasteiger partial charge on any atom is -0.630 e. The van der Waals surface area contributed by atoms with Gasteiger partial charge in [0.15, 0.2) is 5.41 Å². The van der Waals surface area contributed by atoms with Gasteiger partial charge >= 0.3 is 11.9 Å². The number of halogens is 1. The Morgan fingerprint density at radius 2 is 1.75 bits per heavy atom. The van der Waals surface area contributed by atoms with E-state index in [0.717, 1.165) is 0 Å². The Balaban J connectivity index is 0.00000361. The Morgan fingerprint density at radius 1 is 1.25 bits per heavy atom. The van der Waals surface area contributed by atoms with Crippen molar-refractivity contribution in [3.8, 4) is 0 Å². The Morgan fingerprint density at radius 3 is 2.15 bits per heavy atom. The number of methoxy groups -OCH3 is 2. The maximum absolute atomic E-state index is 11.9.